The highest BCUT2D eigenvalue weighted by Crippen LogP contribution is 2.35. The third-order valence-electron chi connectivity index (χ3n) is 4.03. The lowest BCUT2D eigenvalue weighted by Crippen LogP contribution is -2.37. The summed E-state index contributed by atoms with van der Waals surface area (Å²) in [6, 6.07) is 5.44. The Kier molecular flexibility index (Phi) is 4.88. The summed E-state index contributed by atoms with van der Waals surface area (Å²) in [6.07, 6.45) is 0. The molecule has 1 heterocycles. The molecule has 0 saturated heterocycles. The number of hydrogen-bond acceptors (Lipinski definition) is 3. The van der Waals surface area contributed by atoms with Crippen molar-refractivity contribution in [1.29, 1.82) is 0 Å². The summed E-state index contributed by atoms with van der Waals surface area (Å²) in [6.45, 7) is 9.11. The summed E-state index contributed by atoms with van der Waals surface area (Å²) in [7, 11) is -2.10. The Balaban J connectivity index is 2.50. The Bertz CT molecular complexity index is 851. The molecule has 1 N–H and O–H groups in total. The van der Waals surface area contributed by atoms with Gasteiger partial charge >= 0.3 is 0 Å². The van der Waals surface area contributed by atoms with Gasteiger partial charge in [-0.3, -0.25) is 4.68 Å². The maximum absolute atomic E-state index is 13.6. The molecule has 1 aromatic heterocycles. The molecule has 0 saturated carbocycles. The first-order valence-corrected chi connectivity index (χ1v) is 9.20. The predicted molar refractivity (Wildman–Crippen MR) is 91.6 cm³/mol. The number of aromatic nitrogens is 2. The van der Waals surface area contributed by atoms with Crippen LogP contribution in [0.4, 0.5) is 4.39 Å². The van der Waals surface area contributed by atoms with Crippen molar-refractivity contribution in [3.8, 4) is 0 Å². The standard InChI is InChI=1S/C17H24FN3O2S/c1-11-15(12(2)21(6)19-11)24(22,23)20-16(17(3,4)5)13-8-7-9-14(18)10-13/h7-10,16,20H,1-6H3. The zero-order chi connectivity index (χ0) is 18.3. The first-order valence-electron chi connectivity index (χ1n) is 7.71. The predicted octanol–water partition coefficient (Wildman–Crippen LogP) is 3.24. The molecular formula is C17H24FN3O2S. The monoisotopic (exact) mass is 353 g/mol. The fraction of sp³-hybridized carbons (Fsp3) is 0.471. The zero-order valence-electron chi connectivity index (χ0n) is 14.9. The number of aryl methyl sites for hydroxylation is 2. The van der Waals surface area contributed by atoms with Gasteiger partial charge in [-0.1, -0.05) is 32.9 Å². The van der Waals surface area contributed by atoms with Crippen LogP contribution in [0, 0.1) is 25.1 Å². The quantitative estimate of drug-likeness (QED) is 0.918. The molecule has 0 fully saturated rings. The molecule has 2 rings (SSSR count). The number of benzene rings is 1. The van der Waals surface area contributed by atoms with Gasteiger partial charge in [-0.15, -0.1) is 0 Å². The second-order valence-electron chi connectivity index (χ2n) is 7.10. The van der Waals surface area contributed by atoms with Crippen molar-refractivity contribution >= 4 is 10.0 Å². The first-order chi connectivity index (χ1) is 10.9. The van der Waals surface area contributed by atoms with E-state index in [1.807, 2.05) is 20.8 Å². The summed E-state index contributed by atoms with van der Waals surface area (Å²) in [4.78, 5) is 0.177. The van der Waals surface area contributed by atoms with Crippen molar-refractivity contribution in [2.24, 2.45) is 12.5 Å². The zero-order valence-corrected chi connectivity index (χ0v) is 15.7. The average molecular weight is 353 g/mol. The maximum atomic E-state index is 13.6. The highest BCUT2D eigenvalue weighted by molar-refractivity contribution is 7.89. The van der Waals surface area contributed by atoms with Gasteiger partial charge < -0.3 is 0 Å². The van der Waals surface area contributed by atoms with Crippen LogP contribution in [-0.2, 0) is 17.1 Å². The molecule has 0 aliphatic carbocycles. The fourth-order valence-corrected chi connectivity index (χ4v) is 4.66. The Morgan fingerprint density at radius 1 is 1.25 bits per heavy atom. The third-order valence-corrected chi connectivity index (χ3v) is 5.71. The van der Waals surface area contributed by atoms with Gasteiger partial charge in [0.25, 0.3) is 0 Å². The van der Waals surface area contributed by atoms with Gasteiger partial charge in [0.1, 0.15) is 10.7 Å². The van der Waals surface area contributed by atoms with Gasteiger partial charge in [0.15, 0.2) is 0 Å². The van der Waals surface area contributed by atoms with Crippen molar-refractivity contribution in [3.05, 3.63) is 47.0 Å². The van der Waals surface area contributed by atoms with Gasteiger partial charge in [-0.2, -0.15) is 5.10 Å². The largest absolute Gasteiger partial charge is 0.271 e. The lowest BCUT2D eigenvalue weighted by Gasteiger charge is -2.31. The van der Waals surface area contributed by atoms with E-state index in [0.717, 1.165) is 0 Å². The molecule has 0 spiro atoms. The Hall–Kier alpha value is -1.73. The van der Waals surface area contributed by atoms with E-state index in [2.05, 4.69) is 9.82 Å². The van der Waals surface area contributed by atoms with E-state index in [9.17, 15) is 12.8 Å². The lowest BCUT2D eigenvalue weighted by atomic mass is 9.83. The van der Waals surface area contributed by atoms with Gasteiger partial charge in [0.2, 0.25) is 10.0 Å². The summed E-state index contributed by atoms with van der Waals surface area (Å²) in [5.74, 6) is -0.394. The number of rotatable bonds is 4. The van der Waals surface area contributed by atoms with Crippen LogP contribution in [0.1, 0.15) is 43.8 Å². The van der Waals surface area contributed by atoms with E-state index in [-0.39, 0.29) is 4.90 Å². The van der Waals surface area contributed by atoms with E-state index in [1.54, 1.807) is 33.0 Å². The Labute approximate surface area is 142 Å². The maximum Gasteiger partial charge on any atom is 0.244 e. The number of nitrogens with one attached hydrogen (secondary N) is 1. The molecule has 0 bridgehead atoms. The summed E-state index contributed by atoms with van der Waals surface area (Å²) < 4.78 is 43.8. The van der Waals surface area contributed by atoms with Gasteiger partial charge in [-0.05, 0) is 37.0 Å². The van der Waals surface area contributed by atoms with Crippen LogP contribution >= 0.6 is 0 Å². The Morgan fingerprint density at radius 3 is 2.33 bits per heavy atom. The van der Waals surface area contributed by atoms with Crippen LogP contribution in [0.3, 0.4) is 0 Å². The fourth-order valence-electron chi connectivity index (χ4n) is 2.79. The minimum Gasteiger partial charge on any atom is -0.271 e. The van der Waals surface area contributed by atoms with Crippen molar-refractivity contribution in [3.63, 3.8) is 0 Å². The molecule has 5 nitrogen and oxygen atoms in total. The molecule has 1 unspecified atom stereocenters. The van der Waals surface area contributed by atoms with E-state index in [1.165, 1.54) is 16.8 Å². The van der Waals surface area contributed by atoms with E-state index >= 15 is 0 Å². The highest BCUT2D eigenvalue weighted by Gasteiger charge is 2.33. The van der Waals surface area contributed by atoms with E-state index in [4.69, 9.17) is 0 Å². The number of hydrogen-bond donors (Lipinski definition) is 1. The molecule has 0 amide bonds. The minimum atomic E-state index is -3.80. The SMILES string of the molecule is Cc1nn(C)c(C)c1S(=O)(=O)NC(c1cccc(F)c1)C(C)(C)C. The van der Waals surface area contributed by atoms with Crippen molar-refractivity contribution in [2.45, 2.75) is 45.6 Å². The van der Waals surface area contributed by atoms with Crippen LogP contribution in [0.2, 0.25) is 0 Å². The number of sulfonamides is 1. The van der Waals surface area contributed by atoms with Gasteiger partial charge in [-0.25, -0.2) is 17.5 Å². The second kappa shape index (κ2) is 6.29. The number of halogens is 1. The van der Waals surface area contributed by atoms with E-state index < -0.39 is 27.3 Å². The van der Waals surface area contributed by atoms with Crippen LogP contribution < -0.4 is 4.72 Å². The van der Waals surface area contributed by atoms with Crippen molar-refractivity contribution in [2.75, 3.05) is 0 Å². The number of nitrogens with zero attached hydrogens (tertiary/aromatic N) is 2. The second-order valence-corrected chi connectivity index (χ2v) is 8.75. The van der Waals surface area contributed by atoms with Crippen molar-refractivity contribution < 1.29 is 12.8 Å². The molecule has 1 aromatic carbocycles. The first kappa shape index (κ1) is 18.6. The molecule has 0 radical (unpaired) electrons. The Morgan fingerprint density at radius 2 is 1.88 bits per heavy atom. The van der Waals surface area contributed by atoms with Crippen molar-refractivity contribution in [1.82, 2.24) is 14.5 Å². The van der Waals surface area contributed by atoms with Gasteiger partial charge in [0, 0.05) is 7.05 Å². The molecule has 132 valence electrons. The molecule has 1 atom stereocenters. The normalized spacial score (nSPS) is 14.0. The highest BCUT2D eigenvalue weighted by atomic mass is 32.2. The lowest BCUT2D eigenvalue weighted by molar-refractivity contribution is 0.303. The summed E-state index contributed by atoms with van der Waals surface area (Å²) in [5.41, 5.74) is 1.15. The van der Waals surface area contributed by atoms with Crippen LogP contribution in [-0.4, -0.2) is 18.2 Å². The van der Waals surface area contributed by atoms with Crippen LogP contribution in [0.25, 0.3) is 0 Å². The summed E-state index contributed by atoms with van der Waals surface area (Å²) in [5, 5.41) is 4.17. The minimum absolute atomic E-state index is 0.177. The third kappa shape index (κ3) is 3.67. The van der Waals surface area contributed by atoms with E-state index in [0.29, 0.717) is 17.0 Å². The molecule has 0 aliphatic heterocycles. The molecule has 2 aromatic rings. The van der Waals surface area contributed by atoms with Gasteiger partial charge in [0.05, 0.1) is 17.4 Å². The molecule has 24 heavy (non-hydrogen) atoms. The smallest absolute Gasteiger partial charge is 0.244 e. The molecule has 0 aliphatic rings. The molecular weight excluding hydrogens is 329 g/mol. The molecule has 7 heteroatoms. The summed E-state index contributed by atoms with van der Waals surface area (Å²) >= 11 is 0. The topological polar surface area (TPSA) is 64.0 Å². The average Bonchev–Trinajstić information content (AvgIpc) is 2.69. The van der Waals surface area contributed by atoms with Crippen LogP contribution in [0.5, 0.6) is 0 Å². The van der Waals surface area contributed by atoms with Crippen LogP contribution in [0.15, 0.2) is 29.2 Å².